The molecule has 0 radical (unpaired) electrons. The van der Waals surface area contributed by atoms with Crippen LogP contribution in [-0.4, -0.2) is 32.5 Å². The molecule has 0 spiro atoms. The van der Waals surface area contributed by atoms with Gasteiger partial charge in [0.05, 0.1) is 16.4 Å². The lowest BCUT2D eigenvalue weighted by molar-refractivity contribution is -0.119. The van der Waals surface area contributed by atoms with Gasteiger partial charge in [-0.1, -0.05) is 24.1 Å². The Labute approximate surface area is 137 Å². The highest BCUT2D eigenvalue weighted by Crippen LogP contribution is 2.32. The first-order chi connectivity index (χ1) is 10.4. The zero-order chi connectivity index (χ0) is 16.5. The van der Waals surface area contributed by atoms with Crippen molar-refractivity contribution >= 4 is 34.8 Å². The van der Waals surface area contributed by atoms with Gasteiger partial charge in [0, 0.05) is 34.0 Å². The quantitative estimate of drug-likeness (QED) is 0.722. The van der Waals surface area contributed by atoms with Crippen LogP contribution in [0, 0.1) is 0 Å². The van der Waals surface area contributed by atoms with Crippen molar-refractivity contribution in [2.45, 2.75) is 32.6 Å². The number of hydrogen-bond donors (Lipinski definition) is 2. The van der Waals surface area contributed by atoms with Crippen molar-refractivity contribution in [3.63, 3.8) is 0 Å². The molecule has 0 aromatic heterocycles. The molecule has 0 atom stereocenters. The molecule has 0 aliphatic carbocycles. The largest absolute Gasteiger partial charge is 0.375 e. The Bertz CT molecular complexity index is 518. The van der Waals surface area contributed by atoms with E-state index in [-0.39, 0.29) is 11.8 Å². The number of benzene rings is 1. The van der Waals surface area contributed by atoms with Crippen molar-refractivity contribution < 1.29 is 9.59 Å². The van der Waals surface area contributed by atoms with Gasteiger partial charge in [0.25, 0.3) is 0 Å². The molecule has 0 aliphatic heterocycles. The summed E-state index contributed by atoms with van der Waals surface area (Å²) in [7, 11) is 3.78. The van der Waals surface area contributed by atoms with Crippen molar-refractivity contribution in [1.29, 1.82) is 0 Å². The number of unbranched alkanes of at least 4 members (excludes halogenated alkanes) is 2. The molecule has 2 amide bonds. The first-order valence-electron chi connectivity index (χ1n) is 7.42. The van der Waals surface area contributed by atoms with Gasteiger partial charge in [-0.25, -0.2) is 0 Å². The maximum Gasteiger partial charge on any atom is 0.224 e. The lowest BCUT2D eigenvalue weighted by atomic mass is 10.1. The Balaban J connectivity index is 2.40. The highest BCUT2D eigenvalue weighted by atomic mass is 35.5. The van der Waals surface area contributed by atoms with Crippen LogP contribution in [0.3, 0.4) is 0 Å². The molecule has 0 fully saturated rings. The predicted molar refractivity (Wildman–Crippen MR) is 91.6 cm³/mol. The minimum Gasteiger partial charge on any atom is -0.375 e. The third-order valence-corrected chi connectivity index (χ3v) is 3.47. The van der Waals surface area contributed by atoms with E-state index in [1.165, 1.54) is 6.92 Å². The van der Waals surface area contributed by atoms with Gasteiger partial charge in [-0.2, -0.15) is 0 Å². The number of rotatable bonds is 8. The molecule has 0 bridgehead atoms. The van der Waals surface area contributed by atoms with Gasteiger partial charge in [-0.15, -0.1) is 0 Å². The van der Waals surface area contributed by atoms with E-state index in [1.807, 2.05) is 31.1 Å². The summed E-state index contributed by atoms with van der Waals surface area (Å²) in [6.45, 7) is 2.16. The average Bonchev–Trinajstić information content (AvgIpc) is 2.42. The van der Waals surface area contributed by atoms with Gasteiger partial charge in [0.1, 0.15) is 0 Å². The molecule has 0 aliphatic rings. The molecule has 1 aromatic rings. The van der Waals surface area contributed by atoms with Gasteiger partial charge in [0.2, 0.25) is 11.8 Å². The first kappa shape index (κ1) is 18.3. The van der Waals surface area contributed by atoms with Gasteiger partial charge in [-0.05, 0) is 25.0 Å². The molecule has 0 saturated carbocycles. The average molecular weight is 326 g/mol. The van der Waals surface area contributed by atoms with Crippen molar-refractivity contribution in [1.82, 2.24) is 5.32 Å². The molecule has 5 nitrogen and oxygen atoms in total. The van der Waals surface area contributed by atoms with Crippen LogP contribution in [0.5, 0.6) is 0 Å². The molecule has 1 aromatic carbocycles. The highest BCUT2D eigenvalue weighted by molar-refractivity contribution is 6.34. The van der Waals surface area contributed by atoms with Gasteiger partial charge >= 0.3 is 0 Å². The summed E-state index contributed by atoms with van der Waals surface area (Å²) in [5, 5.41) is 6.26. The first-order valence-corrected chi connectivity index (χ1v) is 7.79. The predicted octanol–water partition coefficient (Wildman–Crippen LogP) is 3.04. The van der Waals surface area contributed by atoms with Crippen molar-refractivity contribution in [3.05, 3.63) is 23.2 Å². The summed E-state index contributed by atoms with van der Waals surface area (Å²) in [5.41, 5.74) is 1.53. The van der Waals surface area contributed by atoms with Crippen LogP contribution >= 0.6 is 11.6 Å². The molecular weight excluding hydrogens is 302 g/mol. The fraction of sp³-hybridized carbons (Fsp3) is 0.500. The van der Waals surface area contributed by atoms with Crippen LogP contribution in [0.2, 0.25) is 5.02 Å². The van der Waals surface area contributed by atoms with E-state index < -0.39 is 0 Å². The second-order valence-corrected chi connectivity index (χ2v) is 5.78. The SMILES string of the molecule is CC(=O)NCCCCCC(=O)Nc1cccc(Cl)c1N(C)C. The number of nitrogens with one attached hydrogen (secondary N) is 2. The Morgan fingerprint density at radius 1 is 1.18 bits per heavy atom. The summed E-state index contributed by atoms with van der Waals surface area (Å²) in [4.78, 5) is 24.6. The highest BCUT2D eigenvalue weighted by Gasteiger charge is 2.11. The third-order valence-electron chi connectivity index (χ3n) is 3.16. The zero-order valence-electron chi connectivity index (χ0n) is 13.4. The Morgan fingerprint density at radius 2 is 1.91 bits per heavy atom. The second-order valence-electron chi connectivity index (χ2n) is 5.37. The van der Waals surface area contributed by atoms with E-state index in [0.29, 0.717) is 18.0 Å². The molecule has 22 heavy (non-hydrogen) atoms. The Morgan fingerprint density at radius 3 is 2.55 bits per heavy atom. The van der Waals surface area contributed by atoms with E-state index in [9.17, 15) is 9.59 Å². The van der Waals surface area contributed by atoms with Gasteiger partial charge in [0.15, 0.2) is 0 Å². The minimum atomic E-state index is -0.0232. The number of carbonyl (C=O) groups is 2. The van der Waals surface area contributed by atoms with Gasteiger partial charge < -0.3 is 15.5 Å². The summed E-state index contributed by atoms with van der Waals surface area (Å²) >= 11 is 6.17. The summed E-state index contributed by atoms with van der Waals surface area (Å²) < 4.78 is 0. The molecular formula is C16H24ClN3O2. The van der Waals surface area contributed by atoms with E-state index in [0.717, 1.165) is 30.6 Å². The van der Waals surface area contributed by atoms with Crippen LogP contribution in [0.15, 0.2) is 18.2 Å². The van der Waals surface area contributed by atoms with E-state index >= 15 is 0 Å². The summed E-state index contributed by atoms with van der Waals surface area (Å²) in [6, 6.07) is 5.46. The molecule has 2 N–H and O–H groups in total. The molecule has 6 heteroatoms. The van der Waals surface area contributed by atoms with Crippen molar-refractivity contribution in [3.8, 4) is 0 Å². The number of amides is 2. The van der Waals surface area contributed by atoms with Crippen LogP contribution in [0.1, 0.15) is 32.6 Å². The van der Waals surface area contributed by atoms with E-state index in [2.05, 4.69) is 10.6 Å². The number of carbonyl (C=O) groups excluding carboxylic acids is 2. The van der Waals surface area contributed by atoms with Crippen LogP contribution in [-0.2, 0) is 9.59 Å². The van der Waals surface area contributed by atoms with Crippen LogP contribution in [0.25, 0.3) is 0 Å². The minimum absolute atomic E-state index is 0.0186. The topological polar surface area (TPSA) is 61.4 Å². The number of anilines is 2. The summed E-state index contributed by atoms with van der Waals surface area (Å²) in [5.74, 6) is -0.0418. The number of para-hydroxylation sites is 1. The third kappa shape index (κ3) is 6.35. The molecule has 0 heterocycles. The van der Waals surface area contributed by atoms with E-state index in [4.69, 9.17) is 11.6 Å². The fourth-order valence-corrected chi connectivity index (χ4v) is 2.48. The second kappa shape index (κ2) is 9.30. The number of halogens is 1. The molecule has 1 rings (SSSR count). The molecule has 0 unspecified atom stereocenters. The molecule has 0 saturated heterocycles. The molecule has 122 valence electrons. The van der Waals surface area contributed by atoms with Crippen molar-refractivity contribution in [2.75, 3.05) is 30.9 Å². The van der Waals surface area contributed by atoms with Crippen LogP contribution < -0.4 is 15.5 Å². The Kier molecular flexibility index (Phi) is 7.74. The van der Waals surface area contributed by atoms with Crippen molar-refractivity contribution in [2.24, 2.45) is 0 Å². The maximum atomic E-state index is 12.0. The monoisotopic (exact) mass is 325 g/mol. The lowest BCUT2D eigenvalue weighted by Gasteiger charge is -2.19. The Hall–Kier alpha value is -1.75. The smallest absolute Gasteiger partial charge is 0.224 e. The number of nitrogens with zero attached hydrogens (tertiary/aromatic N) is 1. The zero-order valence-corrected chi connectivity index (χ0v) is 14.2. The lowest BCUT2D eigenvalue weighted by Crippen LogP contribution is -2.20. The van der Waals surface area contributed by atoms with Crippen LogP contribution in [0.4, 0.5) is 11.4 Å². The normalized spacial score (nSPS) is 10.2. The van der Waals surface area contributed by atoms with E-state index in [1.54, 1.807) is 6.07 Å². The number of hydrogen-bond acceptors (Lipinski definition) is 3. The van der Waals surface area contributed by atoms with Gasteiger partial charge in [-0.3, -0.25) is 9.59 Å². The standard InChI is InChI=1S/C16H24ClN3O2/c1-12(21)18-11-6-4-5-10-15(22)19-14-9-7-8-13(17)16(14)20(2)3/h7-9H,4-6,10-11H2,1-3H3,(H,18,21)(H,19,22). The summed E-state index contributed by atoms with van der Waals surface area (Å²) in [6.07, 6.45) is 3.04. The maximum absolute atomic E-state index is 12.0. The fourth-order valence-electron chi connectivity index (χ4n) is 2.14.